The molecule has 2 aromatic heterocycles. The number of hydrogen-bond donors (Lipinski definition) is 1. The van der Waals surface area contributed by atoms with Gasteiger partial charge in [0.25, 0.3) is 0 Å². The van der Waals surface area contributed by atoms with Crippen LogP contribution in [0.25, 0.3) is 11.3 Å². The molecule has 0 atom stereocenters. The van der Waals surface area contributed by atoms with Crippen LogP contribution in [0, 0.1) is 6.92 Å². The molecule has 2 heterocycles. The molecule has 1 amide bonds. The number of furan rings is 1. The van der Waals surface area contributed by atoms with E-state index in [9.17, 15) is 4.79 Å². The minimum Gasteiger partial charge on any atom is -0.461 e. The van der Waals surface area contributed by atoms with Crippen molar-refractivity contribution in [3.8, 4) is 11.3 Å². The Hall–Kier alpha value is -2.40. The molecule has 0 fully saturated rings. The molecule has 0 aliphatic carbocycles. The first-order chi connectivity index (χ1) is 10.7. The van der Waals surface area contributed by atoms with Gasteiger partial charge in [-0.15, -0.1) is 11.3 Å². The zero-order valence-electron chi connectivity index (χ0n) is 12.2. The van der Waals surface area contributed by atoms with Gasteiger partial charge in [-0.1, -0.05) is 30.3 Å². The van der Waals surface area contributed by atoms with Crippen molar-refractivity contribution in [2.75, 3.05) is 5.32 Å². The fraction of sp³-hybridized carbons (Fsp3) is 0.176. The van der Waals surface area contributed by atoms with Crippen LogP contribution in [0.5, 0.6) is 0 Å². The highest BCUT2D eigenvalue weighted by atomic mass is 32.1. The van der Waals surface area contributed by atoms with E-state index in [2.05, 4.69) is 10.3 Å². The lowest BCUT2D eigenvalue weighted by atomic mass is 10.2. The van der Waals surface area contributed by atoms with Gasteiger partial charge in [0.2, 0.25) is 5.91 Å². The number of thiazole rings is 1. The van der Waals surface area contributed by atoms with Gasteiger partial charge in [0.15, 0.2) is 5.13 Å². The molecular formula is C17H16N2O2S. The maximum Gasteiger partial charge on any atom is 0.226 e. The molecule has 0 aliphatic heterocycles. The number of hydrogen-bond acceptors (Lipinski definition) is 4. The molecule has 1 N–H and O–H groups in total. The Morgan fingerprint density at radius 2 is 2.05 bits per heavy atom. The number of nitrogens with zero attached hydrogens (tertiary/aromatic N) is 1. The number of aromatic nitrogens is 1. The van der Waals surface area contributed by atoms with E-state index in [4.69, 9.17) is 4.42 Å². The van der Waals surface area contributed by atoms with Crippen LogP contribution in [0.2, 0.25) is 0 Å². The second-order valence-electron chi connectivity index (χ2n) is 4.97. The van der Waals surface area contributed by atoms with Gasteiger partial charge in [-0.25, -0.2) is 4.98 Å². The van der Waals surface area contributed by atoms with Crippen LogP contribution in [-0.2, 0) is 11.2 Å². The van der Waals surface area contributed by atoms with Crippen LogP contribution >= 0.6 is 11.3 Å². The third-order valence-electron chi connectivity index (χ3n) is 3.18. The molecule has 0 radical (unpaired) electrons. The number of amides is 1. The molecule has 22 heavy (non-hydrogen) atoms. The number of benzene rings is 1. The molecule has 4 nitrogen and oxygen atoms in total. The molecule has 3 aromatic rings. The second-order valence-corrected chi connectivity index (χ2v) is 5.83. The number of carbonyl (C=O) groups excluding carboxylic acids is 1. The van der Waals surface area contributed by atoms with Crippen molar-refractivity contribution < 1.29 is 9.21 Å². The summed E-state index contributed by atoms with van der Waals surface area (Å²) in [6.07, 6.45) is 0.948. The summed E-state index contributed by atoms with van der Waals surface area (Å²) in [7, 11) is 0. The van der Waals surface area contributed by atoms with E-state index in [1.807, 2.05) is 54.8 Å². The van der Waals surface area contributed by atoms with E-state index < -0.39 is 0 Å². The predicted molar refractivity (Wildman–Crippen MR) is 87.9 cm³/mol. The minimum atomic E-state index is -0.0491. The first-order valence-electron chi connectivity index (χ1n) is 7.07. The summed E-state index contributed by atoms with van der Waals surface area (Å²) in [6.45, 7) is 1.90. The summed E-state index contributed by atoms with van der Waals surface area (Å²) in [6, 6.07) is 13.8. The molecular weight excluding hydrogens is 296 g/mol. The fourth-order valence-electron chi connectivity index (χ4n) is 2.10. The molecule has 0 saturated heterocycles. The predicted octanol–water partition coefficient (Wildman–Crippen LogP) is 4.28. The van der Waals surface area contributed by atoms with Gasteiger partial charge in [-0.3, -0.25) is 4.79 Å². The van der Waals surface area contributed by atoms with E-state index in [-0.39, 0.29) is 5.91 Å². The van der Waals surface area contributed by atoms with Crippen LogP contribution < -0.4 is 5.32 Å². The first-order valence-corrected chi connectivity index (χ1v) is 7.95. The lowest BCUT2D eigenvalue weighted by Crippen LogP contribution is -2.11. The van der Waals surface area contributed by atoms with E-state index >= 15 is 0 Å². The van der Waals surface area contributed by atoms with Gasteiger partial charge in [-0.2, -0.15) is 0 Å². The number of rotatable bonds is 5. The highest BCUT2D eigenvalue weighted by molar-refractivity contribution is 7.13. The maximum atomic E-state index is 11.9. The quantitative estimate of drug-likeness (QED) is 0.765. The van der Waals surface area contributed by atoms with Gasteiger partial charge >= 0.3 is 0 Å². The second kappa shape index (κ2) is 6.58. The molecule has 0 spiro atoms. The summed E-state index contributed by atoms with van der Waals surface area (Å²) in [5.41, 5.74) is 1.95. The van der Waals surface area contributed by atoms with E-state index in [1.54, 1.807) is 0 Å². The van der Waals surface area contributed by atoms with Gasteiger partial charge in [0.1, 0.15) is 11.5 Å². The Labute approximate surface area is 132 Å². The normalized spacial score (nSPS) is 10.6. The van der Waals surface area contributed by atoms with E-state index in [1.165, 1.54) is 11.3 Å². The summed E-state index contributed by atoms with van der Waals surface area (Å²) < 4.78 is 5.78. The van der Waals surface area contributed by atoms with Crippen molar-refractivity contribution >= 4 is 22.4 Å². The van der Waals surface area contributed by atoms with Gasteiger partial charge in [0.05, 0.1) is 5.69 Å². The van der Waals surface area contributed by atoms with Crippen molar-refractivity contribution in [3.05, 3.63) is 59.3 Å². The average Bonchev–Trinajstić information content (AvgIpc) is 3.15. The van der Waals surface area contributed by atoms with Gasteiger partial charge in [-0.05, 0) is 19.1 Å². The van der Waals surface area contributed by atoms with Gasteiger partial charge in [0, 0.05) is 23.8 Å². The van der Waals surface area contributed by atoms with Crippen molar-refractivity contribution in [1.29, 1.82) is 0 Å². The number of aryl methyl sites for hydroxylation is 2. The summed E-state index contributed by atoms with van der Waals surface area (Å²) in [5.74, 6) is 1.59. The Balaban J connectivity index is 1.56. The summed E-state index contributed by atoms with van der Waals surface area (Å²) >= 11 is 1.43. The smallest absolute Gasteiger partial charge is 0.226 e. The molecule has 0 saturated carbocycles. The summed E-state index contributed by atoms with van der Waals surface area (Å²) in [4.78, 5) is 16.1. The number of carbonyl (C=O) groups is 1. The summed E-state index contributed by atoms with van der Waals surface area (Å²) in [5, 5.41) is 5.35. The Kier molecular flexibility index (Phi) is 4.34. The van der Waals surface area contributed by atoms with Crippen LogP contribution in [0.4, 0.5) is 5.13 Å². The van der Waals surface area contributed by atoms with E-state index in [0.29, 0.717) is 18.0 Å². The molecule has 1 aromatic carbocycles. The standard InChI is InChI=1S/C17H16N2O2S/c1-12-11-22-17(18-12)19-16(20)10-8-14-7-9-15(21-14)13-5-3-2-4-6-13/h2-7,9,11H,8,10H2,1H3,(H,18,19,20). The molecule has 3 rings (SSSR count). The average molecular weight is 312 g/mol. The zero-order chi connectivity index (χ0) is 15.4. The van der Waals surface area contributed by atoms with Gasteiger partial charge < -0.3 is 9.73 Å². The lowest BCUT2D eigenvalue weighted by Gasteiger charge is -2.00. The van der Waals surface area contributed by atoms with E-state index in [0.717, 1.165) is 22.8 Å². The maximum absolute atomic E-state index is 11.9. The Morgan fingerprint density at radius 1 is 1.23 bits per heavy atom. The van der Waals surface area contributed by atoms with Crippen LogP contribution in [0.15, 0.2) is 52.3 Å². The van der Waals surface area contributed by atoms with Crippen molar-refractivity contribution in [2.24, 2.45) is 0 Å². The lowest BCUT2D eigenvalue weighted by molar-refractivity contribution is -0.116. The Morgan fingerprint density at radius 3 is 2.77 bits per heavy atom. The Bertz CT molecular complexity index is 762. The van der Waals surface area contributed by atoms with Crippen molar-refractivity contribution in [3.63, 3.8) is 0 Å². The van der Waals surface area contributed by atoms with Crippen molar-refractivity contribution in [2.45, 2.75) is 19.8 Å². The molecule has 0 bridgehead atoms. The molecule has 0 aliphatic rings. The highest BCUT2D eigenvalue weighted by Gasteiger charge is 2.09. The zero-order valence-corrected chi connectivity index (χ0v) is 13.0. The SMILES string of the molecule is Cc1csc(NC(=O)CCc2ccc(-c3ccccc3)o2)n1. The first kappa shape index (κ1) is 14.5. The van der Waals surface area contributed by atoms with Crippen LogP contribution in [-0.4, -0.2) is 10.9 Å². The minimum absolute atomic E-state index is 0.0491. The van der Waals surface area contributed by atoms with Crippen LogP contribution in [0.1, 0.15) is 17.9 Å². The monoisotopic (exact) mass is 312 g/mol. The molecule has 0 unspecified atom stereocenters. The topological polar surface area (TPSA) is 55.1 Å². The molecule has 112 valence electrons. The van der Waals surface area contributed by atoms with Crippen molar-refractivity contribution in [1.82, 2.24) is 4.98 Å². The van der Waals surface area contributed by atoms with Crippen LogP contribution in [0.3, 0.4) is 0 Å². The number of nitrogens with one attached hydrogen (secondary N) is 1. The third kappa shape index (κ3) is 3.62. The molecule has 5 heteroatoms. The fourth-order valence-corrected chi connectivity index (χ4v) is 2.80. The number of anilines is 1. The third-order valence-corrected chi connectivity index (χ3v) is 4.06. The largest absolute Gasteiger partial charge is 0.461 e. The highest BCUT2D eigenvalue weighted by Crippen LogP contribution is 2.22.